The molecule has 5 rings (SSSR count). The fourth-order valence-corrected chi connectivity index (χ4v) is 7.25. The van der Waals surface area contributed by atoms with E-state index in [1.54, 1.807) is 0 Å². The number of hydrogen-bond donors (Lipinski definition) is 1. The molecule has 0 atom stereocenters. The minimum atomic E-state index is -0.803. The van der Waals surface area contributed by atoms with Gasteiger partial charge in [-0.05, 0) is 104 Å². The number of benzene rings is 2. The standard InChI is InChI=1S/C31H35BrN2O2/c1-2-3-4-11-30-12-15-31(16-13-30,17-14-30)29-23(8-6-10-28(35)36)19-25(26(20-33)27(29)21-34)22-7-5-9-24(32)18-22/h5,7,9,18-19H,2-4,6,8,10-17H2,1H3,(H,35,36). The van der Waals surface area contributed by atoms with Gasteiger partial charge in [0.05, 0.1) is 11.1 Å². The van der Waals surface area contributed by atoms with E-state index in [4.69, 9.17) is 0 Å². The summed E-state index contributed by atoms with van der Waals surface area (Å²) in [6, 6.07) is 14.7. The molecule has 188 valence electrons. The zero-order valence-corrected chi connectivity index (χ0v) is 22.8. The molecule has 0 saturated heterocycles. The normalized spacial score (nSPS) is 22.7. The Bertz CT molecular complexity index is 1200. The molecule has 3 fully saturated rings. The smallest absolute Gasteiger partial charge is 0.303 e. The Morgan fingerprint density at radius 1 is 1.00 bits per heavy atom. The van der Waals surface area contributed by atoms with Gasteiger partial charge in [0, 0.05) is 16.5 Å². The zero-order valence-electron chi connectivity index (χ0n) is 21.2. The summed E-state index contributed by atoms with van der Waals surface area (Å²) < 4.78 is 0.913. The van der Waals surface area contributed by atoms with E-state index in [2.05, 4.69) is 41.1 Å². The number of rotatable bonds is 10. The van der Waals surface area contributed by atoms with Gasteiger partial charge in [-0.2, -0.15) is 10.5 Å². The molecule has 4 nitrogen and oxygen atoms in total. The zero-order chi connectivity index (χ0) is 25.8. The van der Waals surface area contributed by atoms with Crippen molar-refractivity contribution < 1.29 is 9.90 Å². The predicted octanol–water partition coefficient (Wildman–Crippen LogP) is 8.44. The Kier molecular flexibility index (Phi) is 8.21. The molecule has 0 unspecified atom stereocenters. The maximum absolute atomic E-state index is 11.3. The summed E-state index contributed by atoms with van der Waals surface area (Å²) in [5.41, 5.74) is 5.09. The summed E-state index contributed by atoms with van der Waals surface area (Å²) in [4.78, 5) is 11.3. The number of fused-ring (bicyclic) bond motifs is 3. The number of aryl methyl sites for hydroxylation is 1. The maximum Gasteiger partial charge on any atom is 0.303 e. The summed E-state index contributed by atoms with van der Waals surface area (Å²) in [6.45, 7) is 2.25. The van der Waals surface area contributed by atoms with Crippen molar-refractivity contribution in [2.45, 2.75) is 95.8 Å². The highest BCUT2D eigenvalue weighted by Gasteiger charge is 2.50. The number of nitriles is 2. The number of halogens is 1. The number of carbonyl (C=O) groups is 1. The van der Waals surface area contributed by atoms with Gasteiger partial charge in [-0.3, -0.25) is 4.79 Å². The van der Waals surface area contributed by atoms with Crippen LogP contribution in [0, 0.1) is 28.1 Å². The third kappa shape index (κ3) is 5.23. The van der Waals surface area contributed by atoms with Gasteiger partial charge in [0.2, 0.25) is 0 Å². The molecule has 0 spiro atoms. The van der Waals surface area contributed by atoms with Crippen LogP contribution in [0.4, 0.5) is 0 Å². The number of unbranched alkanes of at least 4 members (excludes halogenated alkanes) is 2. The lowest BCUT2D eigenvalue weighted by Gasteiger charge is -2.55. The van der Waals surface area contributed by atoms with Crippen LogP contribution in [0.2, 0.25) is 0 Å². The Labute approximate surface area is 223 Å². The van der Waals surface area contributed by atoms with Crippen LogP contribution in [0.15, 0.2) is 34.8 Å². The van der Waals surface area contributed by atoms with E-state index in [9.17, 15) is 20.4 Å². The van der Waals surface area contributed by atoms with Crippen LogP contribution in [-0.4, -0.2) is 11.1 Å². The number of aliphatic carboxylic acids is 1. The third-order valence-corrected chi connectivity index (χ3v) is 9.34. The molecule has 3 aliphatic rings. The van der Waals surface area contributed by atoms with Crippen molar-refractivity contribution in [2.24, 2.45) is 5.41 Å². The van der Waals surface area contributed by atoms with Crippen LogP contribution in [0.3, 0.4) is 0 Å². The molecule has 3 saturated carbocycles. The summed E-state index contributed by atoms with van der Waals surface area (Å²) in [5.74, 6) is -0.803. The Hall–Kier alpha value is -2.63. The second-order valence-electron chi connectivity index (χ2n) is 10.9. The second-order valence-corrected chi connectivity index (χ2v) is 11.8. The van der Waals surface area contributed by atoms with Crippen molar-refractivity contribution in [3.05, 3.63) is 57.1 Å². The van der Waals surface area contributed by atoms with Gasteiger partial charge < -0.3 is 5.11 Å². The lowest BCUT2D eigenvalue weighted by Crippen LogP contribution is -2.45. The van der Waals surface area contributed by atoms with E-state index >= 15 is 0 Å². The summed E-state index contributed by atoms with van der Waals surface area (Å²) >= 11 is 3.53. The van der Waals surface area contributed by atoms with E-state index in [0.717, 1.165) is 46.0 Å². The lowest BCUT2D eigenvalue weighted by atomic mass is 9.49. The molecule has 0 amide bonds. The Balaban J connectivity index is 1.80. The molecule has 2 aromatic carbocycles. The average Bonchev–Trinajstić information content (AvgIpc) is 2.88. The first kappa shape index (κ1) is 26.4. The van der Waals surface area contributed by atoms with E-state index < -0.39 is 5.97 Å². The molecule has 5 heteroatoms. The number of hydrogen-bond acceptors (Lipinski definition) is 3. The van der Waals surface area contributed by atoms with Crippen molar-refractivity contribution in [2.75, 3.05) is 0 Å². The van der Waals surface area contributed by atoms with Crippen LogP contribution in [0.25, 0.3) is 11.1 Å². The highest BCUT2D eigenvalue weighted by atomic mass is 79.9. The molecule has 36 heavy (non-hydrogen) atoms. The topological polar surface area (TPSA) is 84.9 Å². The molecule has 3 aliphatic carbocycles. The first-order valence-electron chi connectivity index (χ1n) is 13.4. The summed E-state index contributed by atoms with van der Waals surface area (Å²) in [6.07, 6.45) is 13.1. The minimum absolute atomic E-state index is 0.0858. The quantitative estimate of drug-likeness (QED) is 0.303. The summed E-state index contributed by atoms with van der Waals surface area (Å²) in [7, 11) is 0. The van der Waals surface area contributed by atoms with Crippen molar-refractivity contribution >= 4 is 21.9 Å². The highest BCUT2D eigenvalue weighted by Crippen LogP contribution is 2.61. The van der Waals surface area contributed by atoms with Crippen molar-refractivity contribution in [1.29, 1.82) is 10.5 Å². The molecular weight excluding hydrogens is 512 g/mol. The van der Waals surface area contributed by atoms with Crippen LogP contribution in [0.5, 0.6) is 0 Å². The molecule has 2 aromatic rings. The number of carboxylic acids is 1. The van der Waals surface area contributed by atoms with Gasteiger partial charge in [0.25, 0.3) is 0 Å². The molecule has 0 radical (unpaired) electrons. The third-order valence-electron chi connectivity index (χ3n) is 8.85. The monoisotopic (exact) mass is 546 g/mol. The largest absolute Gasteiger partial charge is 0.481 e. The van der Waals surface area contributed by atoms with E-state index in [-0.39, 0.29) is 11.8 Å². The fraction of sp³-hybridized carbons (Fsp3) is 0.516. The van der Waals surface area contributed by atoms with E-state index in [1.165, 1.54) is 44.9 Å². The lowest BCUT2D eigenvalue weighted by molar-refractivity contribution is -0.137. The molecule has 0 aromatic heterocycles. The van der Waals surface area contributed by atoms with Gasteiger partial charge in [0.1, 0.15) is 12.1 Å². The number of carboxylic acid groups (broad SMARTS) is 1. The SMILES string of the molecule is CCCCCC12CCC(c3c(CCCC(=O)O)cc(-c4cccc(Br)c4)c(C#N)c3C#N)(CC1)CC2. The second kappa shape index (κ2) is 11.2. The van der Waals surface area contributed by atoms with Crippen molar-refractivity contribution in [3.8, 4) is 23.3 Å². The van der Waals surface area contributed by atoms with Crippen LogP contribution in [-0.2, 0) is 16.6 Å². The first-order chi connectivity index (χ1) is 17.4. The van der Waals surface area contributed by atoms with Gasteiger partial charge in [-0.1, -0.05) is 54.2 Å². The minimum Gasteiger partial charge on any atom is -0.481 e. The molecule has 2 bridgehead atoms. The first-order valence-corrected chi connectivity index (χ1v) is 14.1. The molecule has 0 aliphatic heterocycles. The van der Waals surface area contributed by atoms with Gasteiger partial charge in [0.15, 0.2) is 0 Å². The average molecular weight is 548 g/mol. The van der Waals surface area contributed by atoms with Gasteiger partial charge in [-0.25, -0.2) is 0 Å². The van der Waals surface area contributed by atoms with E-state index in [1.807, 2.05) is 24.3 Å². The molecule has 1 N–H and O–H groups in total. The Morgan fingerprint density at radius 2 is 1.69 bits per heavy atom. The van der Waals surface area contributed by atoms with Crippen molar-refractivity contribution in [1.82, 2.24) is 0 Å². The Morgan fingerprint density at radius 3 is 2.28 bits per heavy atom. The van der Waals surface area contributed by atoms with Crippen LogP contribution >= 0.6 is 15.9 Å². The molecule has 0 heterocycles. The maximum atomic E-state index is 11.3. The fourth-order valence-electron chi connectivity index (χ4n) is 6.85. The van der Waals surface area contributed by atoms with Crippen LogP contribution in [0.1, 0.15) is 106 Å². The predicted molar refractivity (Wildman–Crippen MR) is 146 cm³/mol. The van der Waals surface area contributed by atoms with Crippen molar-refractivity contribution in [3.63, 3.8) is 0 Å². The van der Waals surface area contributed by atoms with Gasteiger partial charge in [-0.15, -0.1) is 0 Å². The summed E-state index contributed by atoms with van der Waals surface area (Å²) in [5, 5.41) is 30.0. The molecular formula is C31H35BrN2O2. The van der Waals surface area contributed by atoms with E-state index in [0.29, 0.717) is 29.4 Å². The highest BCUT2D eigenvalue weighted by molar-refractivity contribution is 9.10. The van der Waals surface area contributed by atoms with Crippen LogP contribution < -0.4 is 0 Å². The van der Waals surface area contributed by atoms with Gasteiger partial charge >= 0.3 is 5.97 Å². The number of nitrogens with zero attached hydrogens (tertiary/aromatic N) is 2.